The number of nitrogens with zero attached hydrogens (tertiary/aromatic N) is 1. The summed E-state index contributed by atoms with van der Waals surface area (Å²) in [6.07, 6.45) is 0.135. The first-order valence-corrected chi connectivity index (χ1v) is 7.22. The maximum absolute atomic E-state index is 12.8. The van der Waals surface area contributed by atoms with E-state index in [1.807, 2.05) is 30.3 Å². The van der Waals surface area contributed by atoms with Crippen molar-refractivity contribution in [3.8, 4) is 0 Å². The SMILES string of the molecule is CN(Cc1ccc(F)cc1)C(=O)COC(=O)Cc1ccccc1. The van der Waals surface area contributed by atoms with Crippen LogP contribution in [-0.2, 0) is 27.3 Å². The average Bonchev–Trinajstić information content (AvgIpc) is 2.55. The molecule has 0 aliphatic heterocycles. The number of hydrogen-bond acceptors (Lipinski definition) is 3. The van der Waals surface area contributed by atoms with Crippen LogP contribution in [0.25, 0.3) is 0 Å². The topological polar surface area (TPSA) is 46.6 Å². The maximum atomic E-state index is 12.8. The summed E-state index contributed by atoms with van der Waals surface area (Å²) in [5.74, 6) is -1.08. The van der Waals surface area contributed by atoms with Gasteiger partial charge in [-0.1, -0.05) is 42.5 Å². The number of amides is 1. The number of ether oxygens (including phenoxy) is 1. The van der Waals surface area contributed by atoms with Gasteiger partial charge in [-0.3, -0.25) is 9.59 Å². The monoisotopic (exact) mass is 315 g/mol. The summed E-state index contributed by atoms with van der Waals surface area (Å²) in [5.41, 5.74) is 1.64. The zero-order valence-corrected chi connectivity index (χ0v) is 12.9. The molecule has 0 radical (unpaired) electrons. The first kappa shape index (κ1) is 16.7. The van der Waals surface area contributed by atoms with E-state index < -0.39 is 5.97 Å². The number of carbonyl (C=O) groups excluding carboxylic acids is 2. The predicted octanol–water partition coefficient (Wildman–Crippen LogP) is 2.57. The molecule has 0 aromatic heterocycles. The van der Waals surface area contributed by atoms with Crippen molar-refractivity contribution in [2.45, 2.75) is 13.0 Å². The summed E-state index contributed by atoms with van der Waals surface area (Å²) in [7, 11) is 1.61. The average molecular weight is 315 g/mol. The summed E-state index contributed by atoms with van der Waals surface area (Å²) in [6.45, 7) is 0.0265. The number of benzene rings is 2. The second kappa shape index (κ2) is 8.08. The Bertz CT molecular complexity index is 656. The summed E-state index contributed by atoms with van der Waals surface area (Å²) >= 11 is 0. The molecule has 0 saturated carbocycles. The number of likely N-dealkylation sites (N-methyl/N-ethyl adjacent to an activating group) is 1. The highest BCUT2D eigenvalue weighted by Crippen LogP contribution is 2.06. The molecule has 4 nitrogen and oxygen atoms in total. The van der Waals surface area contributed by atoms with Crippen molar-refractivity contribution in [1.29, 1.82) is 0 Å². The molecule has 2 aromatic rings. The molecule has 0 spiro atoms. The van der Waals surface area contributed by atoms with E-state index in [0.29, 0.717) is 6.54 Å². The van der Waals surface area contributed by atoms with Crippen molar-refractivity contribution in [3.63, 3.8) is 0 Å². The zero-order chi connectivity index (χ0) is 16.7. The number of carbonyl (C=O) groups is 2. The number of halogens is 1. The third-order valence-electron chi connectivity index (χ3n) is 3.31. The fourth-order valence-electron chi connectivity index (χ4n) is 2.02. The minimum atomic E-state index is -0.445. The van der Waals surface area contributed by atoms with Crippen molar-refractivity contribution >= 4 is 11.9 Å². The van der Waals surface area contributed by atoms with Gasteiger partial charge in [0.15, 0.2) is 6.61 Å². The Hall–Kier alpha value is -2.69. The molecule has 0 heterocycles. The van der Waals surface area contributed by atoms with Gasteiger partial charge in [0.1, 0.15) is 5.82 Å². The number of esters is 1. The molecule has 0 N–H and O–H groups in total. The van der Waals surface area contributed by atoms with Crippen LogP contribution in [0.1, 0.15) is 11.1 Å². The van der Waals surface area contributed by atoms with Crippen molar-refractivity contribution in [2.75, 3.05) is 13.7 Å². The molecule has 0 atom stereocenters. The lowest BCUT2D eigenvalue weighted by molar-refractivity contribution is -0.151. The second-order valence-corrected chi connectivity index (χ2v) is 5.20. The van der Waals surface area contributed by atoms with Gasteiger partial charge in [0.25, 0.3) is 5.91 Å². The summed E-state index contributed by atoms with van der Waals surface area (Å²) < 4.78 is 17.8. The highest BCUT2D eigenvalue weighted by molar-refractivity contribution is 5.81. The highest BCUT2D eigenvalue weighted by atomic mass is 19.1. The first-order valence-electron chi connectivity index (χ1n) is 7.22. The van der Waals surface area contributed by atoms with Gasteiger partial charge in [0.2, 0.25) is 0 Å². The third-order valence-corrected chi connectivity index (χ3v) is 3.31. The molecule has 0 saturated heterocycles. The van der Waals surface area contributed by atoms with Crippen LogP contribution in [0.4, 0.5) is 4.39 Å². The van der Waals surface area contributed by atoms with Crippen LogP contribution < -0.4 is 0 Å². The van der Waals surface area contributed by atoms with Gasteiger partial charge in [0, 0.05) is 13.6 Å². The molecule has 5 heteroatoms. The Morgan fingerprint density at radius 3 is 2.30 bits per heavy atom. The van der Waals surface area contributed by atoms with Crippen LogP contribution >= 0.6 is 0 Å². The molecule has 2 aromatic carbocycles. The fraction of sp³-hybridized carbons (Fsp3) is 0.222. The zero-order valence-electron chi connectivity index (χ0n) is 12.9. The smallest absolute Gasteiger partial charge is 0.310 e. The van der Waals surface area contributed by atoms with E-state index in [1.165, 1.54) is 17.0 Å². The van der Waals surface area contributed by atoms with E-state index in [0.717, 1.165) is 11.1 Å². The van der Waals surface area contributed by atoms with Crippen molar-refractivity contribution in [3.05, 3.63) is 71.5 Å². The van der Waals surface area contributed by atoms with Gasteiger partial charge >= 0.3 is 5.97 Å². The molecule has 0 aliphatic carbocycles. The summed E-state index contributed by atoms with van der Waals surface area (Å²) in [4.78, 5) is 25.1. The van der Waals surface area contributed by atoms with Crippen LogP contribution in [0.3, 0.4) is 0 Å². The quantitative estimate of drug-likeness (QED) is 0.770. The lowest BCUT2D eigenvalue weighted by atomic mass is 10.2. The van der Waals surface area contributed by atoms with E-state index in [2.05, 4.69) is 0 Å². The molecule has 0 unspecified atom stereocenters. The lowest BCUT2D eigenvalue weighted by Gasteiger charge is -2.17. The molecule has 1 amide bonds. The van der Waals surface area contributed by atoms with Gasteiger partial charge in [-0.2, -0.15) is 0 Å². The van der Waals surface area contributed by atoms with Crippen molar-refractivity contribution in [2.24, 2.45) is 0 Å². The molecular formula is C18H18FNO3. The Kier molecular flexibility index (Phi) is 5.86. The van der Waals surface area contributed by atoms with Crippen LogP contribution in [0.5, 0.6) is 0 Å². The Balaban J connectivity index is 1.77. The highest BCUT2D eigenvalue weighted by Gasteiger charge is 2.13. The lowest BCUT2D eigenvalue weighted by Crippen LogP contribution is -2.31. The van der Waals surface area contributed by atoms with Gasteiger partial charge in [-0.25, -0.2) is 4.39 Å². The number of rotatable bonds is 6. The Morgan fingerprint density at radius 2 is 1.65 bits per heavy atom. The van der Waals surface area contributed by atoms with Gasteiger partial charge in [0.05, 0.1) is 6.42 Å². The number of hydrogen-bond donors (Lipinski definition) is 0. The second-order valence-electron chi connectivity index (χ2n) is 5.20. The molecular weight excluding hydrogens is 297 g/mol. The maximum Gasteiger partial charge on any atom is 0.310 e. The normalized spacial score (nSPS) is 10.2. The summed E-state index contributed by atoms with van der Waals surface area (Å²) in [6, 6.07) is 15.1. The van der Waals surface area contributed by atoms with E-state index >= 15 is 0 Å². The van der Waals surface area contributed by atoms with Gasteiger partial charge < -0.3 is 9.64 Å². The van der Waals surface area contributed by atoms with Crippen molar-refractivity contribution < 1.29 is 18.7 Å². The molecule has 120 valence electrons. The minimum absolute atomic E-state index is 0.135. The van der Waals surface area contributed by atoms with Crippen LogP contribution in [0, 0.1) is 5.82 Å². The minimum Gasteiger partial charge on any atom is -0.455 e. The van der Waals surface area contributed by atoms with Crippen LogP contribution in [0.15, 0.2) is 54.6 Å². The summed E-state index contributed by atoms with van der Waals surface area (Å²) in [5, 5.41) is 0. The van der Waals surface area contributed by atoms with Crippen molar-refractivity contribution in [1.82, 2.24) is 4.90 Å². The van der Waals surface area contributed by atoms with E-state index in [9.17, 15) is 14.0 Å². The van der Waals surface area contributed by atoms with Crippen LogP contribution in [0.2, 0.25) is 0 Å². The molecule has 0 bridgehead atoms. The molecule has 0 aliphatic rings. The first-order chi connectivity index (χ1) is 11.0. The fourth-order valence-corrected chi connectivity index (χ4v) is 2.02. The standard InChI is InChI=1S/C18H18FNO3/c1-20(12-15-7-9-16(19)10-8-15)17(21)13-23-18(22)11-14-5-3-2-4-6-14/h2-10H,11-13H2,1H3. The van der Waals surface area contributed by atoms with E-state index in [4.69, 9.17) is 4.74 Å². The van der Waals surface area contributed by atoms with Gasteiger partial charge in [-0.15, -0.1) is 0 Å². The molecule has 0 fully saturated rings. The third kappa shape index (κ3) is 5.54. The Morgan fingerprint density at radius 1 is 1.00 bits per heavy atom. The van der Waals surface area contributed by atoms with E-state index in [-0.39, 0.29) is 24.8 Å². The van der Waals surface area contributed by atoms with Gasteiger partial charge in [-0.05, 0) is 23.3 Å². The Labute approximate surface area is 134 Å². The molecule has 23 heavy (non-hydrogen) atoms. The predicted molar refractivity (Wildman–Crippen MR) is 84.0 cm³/mol. The molecule has 2 rings (SSSR count). The largest absolute Gasteiger partial charge is 0.455 e. The van der Waals surface area contributed by atoms with E-state index in [1.54, 1.807) is 19.2 Å². The van der Waals surface area contributed by atoms with Crippen LogP contribution in [-0.4, -0.2) is 30.4 Å².